The summed E-state index contributed by atoms with van der Waals surface area (Å²) in [6, 6.07) is 15.5. The summed E-state index contributed by atoms with van der Waals surface area (Å²) >= 11 is 0. The Balaban J connectivity index is 1.92. The summed E-state index contributed by atoms with van der Waals surface area (Å²) < 4.78 is 10.5. The number of methoxy groups -OCH3 is 2. The first-order valence-electron chi connectivity index (χ1n) is 7.06. The largest absolute Gasteiger partial charge is 0.497 e. The SMILES string of the molecule is COc1cccc(CCN=C(N)Nc2ccccc2OC)c1. The molecule has 0 saturated carbocycles. The molecule has 116 valence electrons. The Hall–Kier alpha value is -2.69. The van der Waals surface area contributed by atoms with Crippen molar-refractivity contribution in [2.45, 2.75) is 6.42 Å². The van der Waals surface area contributed by atoms with Crippen LogP contribution in [0.4, 0.5) is 5.69 Å². The molecule has 0 saturated heterocycles. The summed E-state index contributed by atoms with van der Waals surface area (Å²) in [6.45, 7) is 0.598. The van der Waals surface area contributed by atoms with Gasteiger partial charge in [0.2, 0.25) is 0 Å². The van der Waals surface area contributed by atoms with Gasteiger partial charge in [-0.2, -0.15) is 0 Å². The first-order chi connectivity index (χ1) is 10.7. The summed E-state index contributed by atoms with van der Waals surface area (Å²) in [5.41, 5.74) is 7.87. The summed E-state index contributed by atoms with van der Waals surface area (Å²) in [5.74, 6) is 1.95. The molecule has 0 aliphatic rings. The molecule has 0 aliphatic carbocycles. The lowest BCUT2D eigenvalue weighted by atomic mass is 10.1. The number of hydrogen-bond acceptors (Lipinski definition) is 3. The molecule has 0 radical (unpaired) electrons. The average molecular weight is 299 g/mol. The molecule has 0 aromatic heterocycles. The van der Waals surface area contributed by atoms with E-state index in [0.29, 0.717) is 12.5 Å². The molecule has 0 aliphatic heterocycles. The van der Waals surface area contributed by atoms with Crippen LogP contribution in [0.1, 0.15) is 5.56 Å². The molecular weight excluding hydrogens is 278 g/mol. The molecule has 2 aromatic carbocycles. The van der Waals surface area contributed by atoms with Crippen LogP contribution in [0.25, 0.3) is 0 Å². The third-order valence-corrected chi connectivity index (χ3v) is 3.19. The number of nitrogens with two attached hydrogens (primary N) is 1. The minimum Gasteiger partial charge on any atom is -0.497 e. The highest BCUT2D eigenvalue weighted by Gasteiger charge is 2.02. The fraction of sp³-hybridized carbons (Fsp3) is 0.235. The second kappa shape index (κ2) is 7.93. The van der Waals surface area contributed by atoms with Gasteiger partial charge in [-0.25, -0.2) is 0 Å². The second-order valence-corrected chi connectivity index (χ2v) is 4.69. The molecule has 0 heterocycles. The summed E-state index contributed by atoms with van der Waals surface area (Å²) in [4.78, 5) is 4.33. The fourth-order valence-corrected chi connectivity index (χ4v) is 2.06. The highest BCUT2D eigenvalue weighted by molar-refractivity contribution is 5.93. The molecule has 2 aromatic rings. The third kappa shape index (κ3) is 4.41. The van der Waals surface area contributed by atoms with Crippen LogP contribution in [0.5, 0.6) is 11.5 Å². The molecular formula is C17H21N3O2. The maximum Gasteiger partial charge on any atom is 0.193 e. The topological polar surface area (TPSA) is 68.9 Å². The Labute approximate surface area is 130 Å². The maximum atomic E-state index is 5.91. The summed E-state index contributed by atoms with van der Waals surface area (Å²) in [5, 5.41) is 3.05. The standard InChI is InChI=1S/C17H21N3O2/c1-21-14-7-5-6-13(12-14)10-11-19-17(18)20-15-8-3-4-9-16(15)22-2/h3-9,12H,10-11H2,1-2H3,(H3,18,19,20). The minimum atomic E-state index is 0.368. The number of guanidine groups is 1. The first-order valence-corrected chi connectivity index (χ1v) is 7.06. The van der Waals surface area contributed by atoms with Gasteiger partial charge < -0.3 is 20.5 Å². The van der Waals surface area contributed by atoms with Gasteiger partial charge in [0.05, 0.1) is 19.9 Å². The van der Waals surface area contributed by atoms with Crippen LogP contribution < -0.4 is 20.5 Å². The normalized spacial score (nSPS) is 11.1. The second-order valence-electron chi connectivity index (χ2n) is 4.69. The molecule has 2 rings (SSSR count). The van der Waals surface area contributed by atoms with Crippen LogP contribution in [0.2, 0.25) is 0 Å². The van der Waals surface area contributed by atoms with E-state index in [2.05, 4.69) is 10.3 Å². The van der Waals surface area contributed by atoms with Crippen molar-refractivity contribution in [2.75, 3.05) is 26.1 Å². The Morgan fingerprint density at radius 1 is 1.09 bits per heavy atom. The van der Waals surface area contributed by atoms with Gasteiger partial charge >= 0.3 is 0 Å². The molecule has 0 amide bonds. The van der Waals surface area contributed by atoms with Gasteiger partial charge in [-0.1, -0.05) is 24.3 Å². The predicted molar refractivity (Wildman–Crippen MR) is 89.8 cm³/mol. The molecule has 0 bridgehead atoms. The van der Waals surface area contributed by atoms with Crippen molar-refractivity contribution < 1.29 is 9.47 Å². The van der Waals surface area contributed by atoms with Gasteiger partial charge in [0.15, 0.2) is 5.96 Å². The number of hydrogen-bond donors (Lipinski definition) is 2. The molecule has 5 nitrogen and oxygen atoms in total. The van der Waals surface area contributed by atoms with Gasteiger partial charge in [0.1, 0.15) is 11.5 Å². The van der Waals surface area contributed by atoms with Crippen molar-refractivity contribution in [3.8, 4) is 11.5 Å². The predicted octanol–water partition coefficient (Wildman–Crippen LogP) is 2.67. The van der Waals surface area contributed by atoms with Crippen molar-refractivity contribution in [1.82, 2.24) is 0 Å². The molecule has 0 atom stereocenters. The van der Waals surface area contributed by atoms with Gasteiger partial charge in [-0.3, -0.25) is 4.99 Å². The Morgan fingerprint density at radius 2 is 1.91 bits per heavy atom. The van der Waals surface area contributed by atoms with E-state index in [9.17, 15) is 0 Å². The lowest BCUT2D eigenvalue weighted by Gasteiger charge is -2.10. The Bertz CT molecular complexity index is 641. The zero-order valence-corrected chi connectivity index (χ0v) is 12.9. The van der Waals surface area contributed by atoms with Crippen molar-refractivity contribution in [3.05, 3.63) is 54.1 Å². The van der Waals surface area contributed by atoms with Crippen LogP contribution in [-0.2, 0) is 6.42 Å². The third-order valence-electron chi connectivity index (χ3n) is 3.19. The van der Waals surface area contributed by atoms with Gasteiger partial charge in [0.25, 0.3) is 0 Å². The van der Waals surface area contributed by atoms with Crippen LogP contribution in [-0.4, -0.2) is 26.7 Å². The van der Waals surface area contributed by atoms with E-state index in [-0.39, 0.29) is 0 Å². The van der Waals surface area contributed by atoms with Gasteiger partial charge in [0, 0.05) is 6.54 Å². The van der Waals surface area contributed by atoms with Crippen molar-refractivity contribution in [2.24, 2.45) is 10.7 Å². The Morgan fingerprint density at radius 3 is 2.68 bits per heavy atom. The number of nitrogens with one attached hydrogen (secondary N) is 1. The highest BCUT2D eigenvalue weighted by Crippen LogP contribution is 2.22. The number of rotatable bonds is 6. The van der Waals surface area contributed by atoms with E-state index < -0.39 is 0 Å². The van der Waals surface area contributed by atoms with Crippen LogP contribution in [0, 0.1) is 0 Å². The number of ether oxygens (including phenoxy) is 2. The quantitative estimate of drug-likeness (QED) is 0.635. The number of anilines is 1. The molecule has 0 unspecified atom stereocenters. The minimum absolute atomic E-state index is 0.368. The van der Waals surface area contributed by atoms with Crippen LogP contribution in [0.3, 0.4) is 0 Å². The number of benzene rings is 2. The smallest absolute Gasteiger partial charge is 0.193 e. The maximum absolute atomic E-state index is 5.91. The lowest BCUT2D eigenvalue weighted by Crippen LogP contribution is -2.23. The van der Waals surface area contributed by atoms with E-state index in [1.165, 1.54) is 0 Å². The summed E-state index contributed by atoms with van der Waals surface area (Å²) in [7, 11) is 3.28. The Kier molecular flexibility index (Phi) is 5.65. The zero-order chi connectivity index (χ0) is 15.8. The average Bonchev–Trinajstić information content (AvgIpc) is 2.55. The van der Waals surface area contributed by atoms with Crippen molar-refractivity contribution >= 4 is 11.6 Å². The van der Waals surface area contributed by atoms with Crippen molar-refractivity contribution in [3.63, 3.8) is 0 Å². The van der Waals surface area contributed by atoms with E-state index in [1.807, 2.05) is 48.5 Å². The molecule has 5 heteroatoms. The van der Waals surface area contributed by atoms with Gasteiger partial charge in [-0.15, -0.1) is 0 Å². The highest BCUT2D eigenvalue weighted by atomic mass is 16.5. The molecule has 3 N–H and O–H groups in total. The number of para-hydroxylation sites is 2. The van der Waals surface area contributed by atoms with Crippen LogP contribution in [0.15, 0.2) is 53.5 Å². The first kappa shape index (κ1) is 15.7. The van der Waals surface area contributed by atoms with Gasteiger partial charge in [-0.05, 0) is 36.2 Å². The van der Waals surface area contributed by atoms with Crippen molar-refractivity contribution in [1.29, 1.82) is 0 Å². The van der Waals surface area contributed by atoms with E-state index in [4.69, 9.17) is 15.2 Å². The summed E-state index contributed by atoms with van der Waals surface area (Å²) in [6.07, 6.45) is 0.797. The van der Waals surface area contributed by atoms with E-state index in [1.54, 1.807) is 14.2 Å². The monoisotopic (exact) mass is 299 g/mol. The molecule has 0 spiro atoms. The van der Waals surface area contributed by atoms with Crippen LogP contribution >= 0.6 is 0 Å². The lowest BCUT2D eigenvalue weighted by molar-refractivity contribution is 0.414. The molecule has 22 heavy (non-hydrogen) atoms. The zero-order valence-electron chi connectivity index (χ0n) is 12.9. The molecule has 0 fully saturated rings. The fourth-order valence-electron chi connectivity index (χ4n) is 2.06. The van der Waals surface area contributed by atoms with E-state index in [0.717, 1.165) is 29.2 Å². The van der Waals surface area contributed by atoms with E-state index >= 15 is 0 Å². The number of aliphatic imine (C=N–C) groups is 1. The number of nitrogens with zero attached hydrogens (tertiary/aromatic N) is 1.